The predicted octanol–water partition coefficient (Wildman–Crippen LogP) is 3.18. The lowest BCUT2D eigenvalue weighted by Gasteiger charge is -2.29. The maximum Gasteiger partial charge on any atom is 0.407 e. The van der Waals surface area contributed by atoms with E-state index in [1.807, 2.05) is 36.4 Å². The van der Waals surface area contributed by atoms with Crippen molar-refractivity contribution in [2.45, 2.75) is 56.1 Å². The highest BCUT2D eigenvalue weighted by molar-refractivity contribution is 5.80. The number of carbonyl (C=O) groups is 3. The molecule has 34 heavy (non-hydrogen) atoms. The number of carboxylic acids is 1. The molecule has 0 heterocycles. The number of carbonyl (C=O) groups excluding carboxylic acids is 2. The summed E-state index contributed by atoms with van der Waals surface area (Å²) >= 11 is 0. The number of aliphatic carboxylic acids is 1. The van der Waals surface area contributed by atoms with Crippen LogP contribution in [0.15, 0.2) is 48.5 Å². The van der Waals surface area contributed by atoms with Crippen molar-refractivity contribution in [3.05, 3.63) is 59.7 Å². The fraction of sp³-hybridized carbons (Fsp3) is 0.423. The molecule has 2 aliphatic carbocycles. The molecule has 0 aliphatic heterocycles. The first-order valence-electron chi connectivity index (χ1n) is 11.7. The summed E-state index contributed by atoms with van der Waals surface area (Å²) in [5, 5.41) is 24.7. The van der Waals surface area contributed by atoms with Crippen LogP contribution in [0, 0.1) is 0 Å². The van der Waals surface area contributed by atoms with Gasteiger partial charge in [0.2, 0.25) is 5.91 Å². The van der Waals surface area contributed by atoms with Crippen LogP contribution in [0.4, 0.5) is 4.79 Å². The van der Waals surface area contributed by atoms with E-state index >= 15 is 0 Å². The molecule has 8 heteroatoms. The fourth-order valence-corrected chi connectivity index (χ4v) is 5.17. The minimum absolute atomic E-state index is 0.0642. The minimum Gasteiger partial charge on any atom is -0.481 e. The number of alkyl carbamates (subject to hydrolysis) is 1. The van der Waals surface area contributed by atoms with Gasteiger partial charge >= 0.3 is 12.1 Å². The molecule has 4 N–H and O–H groups in total. The number of amides is 2. The van der Waals surface area contributed by atoms with Crippen molar-refractivity contribution >= 4 is 18.0 Å². The summed E-state index contributed by atoms with van der Waals surface area (Å²) in [6.45, 7) is 0.0180. The fourth-order valence-electron chi connectivity index (χ4n) is 5.17. The lowest BCUT2D eigenvalue weighted by Crippen LogP contribution is -2.49. The average molecular weight is 467 g/mol. The standard InChI is InChI=1S/C26H30N2O6/c29-17(13-23(30)28-26(14-24(31)32)11-5-6-12-26)15-27-25(33)34-16-22-20-9-3-1-7-18(20)19-8-2-4-10-21(19)22/h1-4,7-10,17,22,29H,5-6,11-16H2,(H,27,33)(H,28,30)(H,31,32). The van der Waals surface area contributed by atoms with E-state index in [0.717, 1.165) is 35.1 Å². The second-order valence-corrected chi connectivity index (χ2v) is 9.17. The second kappa shape index (κ2) is 10.3. The normalized spacial score (nSPS) is 16.9. The zero-order valence-electron chi connectivity index (χ0n) is 19.0. The average Bonchev–Trinajstić information content (AvgIpc) is 3.38. The third-order valence-corrected chi connectivity index (χ3v) is 6.70. The largest absolute Gasteiger partial charge is 0.481 e. The van der Waals surface area contributed by atoms with Gasteiger partial charge in [0.15, 0.2) is 0 Å². The number of nitrogens with one attached hydrogen (secondary N) is 2. The molecule has 180 valence electrons. The minimum atomic E-state index is -1.11. The van der Waals surface area contributed by atoms with Crippen molar-refractivity contribution in [1.29, 1.82) is 0 Å². The lowest BCUT2D eigenvalue weighted by atomic mass is 9.93. The summed E-state index contributed by atoms with van der Waals surface area (Å²) in [6, 6.07) is 16.1. The highest BCUT2D eigenvalue weighted by Crippen LogP contribution is 2.44. The Hall–Kier alpha value is -3.39. The Labute approximate surface area is 198 Å². The van der Waals surface area contributed by atoms with Gasteiger partial charge in [-0.3, -0.25) is 9.59 Å². The van der Waals surface area contributed by atoms with Crippen LogP contribution < -0.4 is 10.6 Å². The number of hydrogen-bond acceptors (Lipinski definition) is 5. The van der Waals surface area contributed by atoms with Crippen LogP contribution in [0.2, 0.25) is 0 Å². The number of hydrogen-bond donors (Lipinski definition) is 4. The zero-order valence-corrected chi connectivity index (χ0v) is 19.0. The van der Waals surface area contributed by atoms with E-state index in [0.29, 0.717) is 12.8 Å². The number of carboxylic acid groups (broad SMARTS) is 1. The van der Waals surface area contributed by atoms with Crippen molar-refractivity contribution in [3.8, 4) is 11.1 Å². The zero-order chi connectivity index (χ0) is 24.1. The molecule has 2 aromatic carbocycles. The Balaban J connectivity index is 1.24. The monoisotopic (exact) mass is 466 g/mol. The third-order valence-electron chi connectivity index (χ3n) is 6.70. The van der Waals surface area contributed by atoms with Crippen molar-refractivity contribution in [2.75, 3.05) is 13.2 Å². The Kier molecular flexibility index (Phi) is 7.17. The summed E-state index contributed by atoms with van der Waals surface area (Å²) < 4.78 is 5.44. The number of ether oxygens (including phenoxy) is 1. The maximum absolute atomic E-state index is 12.4. The topological polar surface area (TPSA) is 125 Å². The summed E-state index contributed by atoms with van der Waals surface area (Å²) in [5.74, 6) is -1.45. The number of benzene rings is 2. The van der Waals surface area contributed by atoms with Gasteiger partial charge in [-0.1, -0.05) is 61.4 Å². The van der Waals surface area contributed by atoms with E-state index in [9.17, 15) is 19.5 Å². The van der Waals surface area contributed by atoms with Crippen LogP contribution in [0.1, 0.15) is 55.6 Å². The SMILES string of the molecule is O=C(O)CC1(NC(=O)CC(O)CNC(=O)OCC2c3ccccc3-c3ccccc32)CCCC1. The van der Waals surface area contributed by atoms with E-state index in [1.165, 1.54) is 0 Å². The number of rotatable bonds is 9. The molecular weight excluding hydrogens is 436 g/mol. The van der Waals surface area contributed by atoms with Gasteiger partial charge in [-0.15, -0.1) is 0 Å². The lowest BCUT2D eigenvalue weighted by molar-refractivity contribution is -0.139. The molecular formula is C26H30N2O6. The first-order valence-corrected chi connectivity index (χ1v) is 11.7. The number of aliphatic hydroxyl groups excluding tert-OH is 1. The molecule has 8 nitrogen and oxygen atoms in total. The van der Waals surface area contributed by atoms with Gasteiger partial charge < -0.3 is 25.6 Å². The highest BCUT2D eigenvalue weighted by atomic mass is 16.5. The molecule has 2 amide bonds. The third kappa shape index (κ3) is 5.39. The van der Waals surface area contributed by atoms with Crippen LogP contribution in [0.3, 0.4) is 0 Å². The molecule has 2 aromatic rings. The van der Waals surface area contributed by atoms with Crippen LogP contribution in [0.25, 0.3) is 11.1 Å². The van der Waals surface area contributed by atoms with E-state index in [4.69, 9.17) is 9.84 Å². The first kappa shape index (κ1) is 23.8. The second-order valence-electron chi connectivity index (χ2n) is 9.17. The van der Waals surface area contributed by atoms with Crippen molar-refractivity contribution < 1.29 is 29.3 Å². The molecule has 0 aromatic heterocycles. The summed E-state index contributed by atoms with van der Waals surface area (Å²) in [7, 11) is 0. The van der Waals surface area contributed by atoms with Gasteiger partial charge in [0.1, 0.15) is 6.61 Å². The van der Waals surface area contributed by atoms with Gasteiger partial charge in [-0.2, -0.15) is 0 Å². The van der Waals surface area contributed by atoms with E-state index < -0.39 is 29.6 Å². The molecule has 1 atom stereocenters. The van der Waals surface area contributed by atoms with Gasteiger partial charge in [-0.25, -0.2) is 4.79 Å². The molecule has 0 radical (unpaired) electrons. The first-order chi connectivity index (χ1) is 16.4. The van der Waals surface area contributed by atoms with Gasteiger partial charge in [0.25, 0.3) is 0 Å². The maximum atomic E-state index is 12.4. The Morgan fingerprint density at radius 3 is 2.18 bits per heavy atom. The summed E-state index contributed by atoms with van der Waals surface area (Å²) in [4.78, 5) is 35.8. The van der Waals surface area contributed by atoms with Crippen molar-refractivity contribution in [3.63, 3.8) is 0 Å². The van der Waals surface area contributed by atoms with Crippen LogP contribution in [0.5, 0.6) is 0 Å². The van der Waals surface area contributed by atoms with E-state index in [-0.39, 0.29) is 31.9 Å². The van der Waals surface area contributed by atoms with E-state index in [2.05, 4.69) is 22.8 Å². The highest BCUT2D eigenvalue weighted by Gasteiger charge is 2.37. The van der Waals surface area contributed by atoms with Gasteiger partial charge in [-0.05, 0) is 35.1 Å². The van der Waals surface area contributed by atoms with Crippen molar-refractivity contribution in [2.24, 2.45) is 0 Å². The smallest absolute Gasteiger partial charge is 0.407 e. The predicted molar refractivity (Wildman–Crippen MR) is 125 cm³/mol. The quantitative estimate of drug-likeness (QED) is 0.450. The summed E-state index contributed by atoms with van der Waals surface area (Å²) in [6.07, 6.45) is 0.804. The van der Waals surface area contributed by atoms with Crippen LogP contribution >= 0.6 is 0 Å². The van der Waals surface area contributed by atoms with Gasteiger partial charge in [0, 0.05) is 12.5 Å². The van der Waals surface area contributed by atoms with Crippen LogP contribution in [-0.4, -0.2) is 53.0 Å². The van der Waals surface area contributed by atoms with Crippen molar-refractivity contribution in [1.82, 2.24) is 10.6 Å². The molecule has 1 fully saturated rings. The Morgan fingerprint density at radius 2 is 1.59 bits per heavy atom. The Morgan fingerprint density at radius 1 is 1.00 bits per heavy atom. The molecule has 0 saturated heterocycles. The van der Waals surface area contributed by atoms with Crippen LogP contribution in [-0.2, 0) is 14.3 Å². The molecule has 0 spiro atoms. The Bertz CT molecular complexity index is 1020. The molecule has 0 bridgehead atoms. The molecule has 1 saturated carbocycles. The molecule has 1 unspecified atom stereocenters. The number of aliphatic hydroxyl groups is 1. The molecule has 2 aliphatic rings. The van der Waals surface area contributed by atoms with E-state index in [1.54, 1.807) is 0 Å². The van der Waals surface area contributed by atoms with Gasteiger partial charge in [0.05, 0.1) is 24.5 Å². The molecule has 4 rings (SSSR count). The number of fused-ring (bicyclic) bond motifs is 3. The summed E-state index contributed by atoms with van der Waals surface area (Å²) in [5.41, 5.74) is 3.74.